The third-order valence-corrected chi connectivity index (χ3v) is 7.76. The number of fused-ring (bicyclic) bond motifs is 1. The van der Waals surface area contributed by atoms with Crippen LogP contribution in [0.3, 0.4) is 0 Å². The van der Waals surface area contributed by atoms with Gasteiger partial charge in [-0.2, -0.15) is 4.31 Å². The fourth-order valence-electron chi connectivity index (χ4n) is 3.28. The van der Waals surface area contributed by atoms with Crippen LogP contribution in [-0.2, 0) is 10.0 Å². The van der Waals surface area contributed by atoms with Gasteiger partial charge in [0.1, 0.15) is 0 Å². The molecule has 0 unspecified atom stereocenters. The van der Waals surface area contributed by atoms with Gasteiger partial charge >= 0.3 is 0 Å². The number of sulfonamides is 1. The maximum absolute atomic E-state index is 12.7. The summed E-state index contributed by atoms with van der Waals surface area (Å²) in [4.78, 5) is 17.0. The van der Waals surface area contributed by atoms with Gasteiger partial charge < -0.3 is 4.42 Å². The van der Waals surface area contributed by atoms with Crippen LogP contribution >= 0.6 is 11.3 Å². The van der Waals surface area contributed by atoms with Crippen LogP contribution in [0, 0.1) is 13.8 Å². The molecule has 1 amide bonds. The van der Waals surface area contributed by atoms with E-state index in [1.165, 1.54) is 27.8 Å². The molecule has 0 atom stereocenters. The van der Waals surface area contributed by atoms with E-state index in [9.17, 15) is 13.2 Å². The molecule has 0 aliphatic carbocycles. The molecule has 0 radical (unpaired) electrons. The van der Waals surface area contributed by atoms with Crippen LogP contribution in [0.2, 0.25) is 0 Å². The van der Waals surface area contributed by atoms with Crippen molar-refractivity contribution in [1.82, 2.24) is 9.29 Å². The molecule has 1 aliphatic heterocycles. The largest absolute Gasteiger partial charge is 0.438 e. The van der Waals surface area contributed by atoms with Crippen LogP contribution in [0.15, 0.2) is 33.8 Å². The molecule has 1 aromatic carbocycles. The number of anilines is 1. The molecule has 1 fully saturated rings. The Morgan fingerprint density at radius 2 is 1.82 bits per heavy atom. The standard InChI is InChI=1S/C19H21N3O4S2/c1-12-6-7-13(2)17-16(12)20-19(27-17)21-18(23)14-8-9-15(26-14)28(24,25)22-10-4-3-5-11-22/h6-9H,3-5,10-11H2,1-2H3,(H,20,21,23). The summed E-state index contributed by atoms with van der Waals surface area (Å²) in [6, 6.07) is 6.74. The molecule has 1 aliphatic rings. The van der Waals surface area contributed by atoms with E-state index < -0.39 is 15.9 Å². The Bertz CT molecular complexity index is 1100. The second-order valence-corrected chi connectivity index (χ2v) is 9.80. The van der Waals surface area contributed by atoms with E-state index in [1.54, 1.807) is 0 Å². The number of carbonyl (C=O) groups is 1. The zero-order valence-electron chi connectivity index (χ0n) is 15.7. The van der Waals surface area contributed by atoms with Crippen LogP contribution in [0.25, 0.3) is 10.2 Å². The average Bonchev–Trinajstić information content (AvgIpc) is 3.34. The lowest BCUT2D eigenvalue weighted by Gasteiger charge is -2.24. The molecule has 9 heteroatoms. The SMILES string of the molecule is Cc1ccc(C)c2sc(NC(=O)c3ccc(S(=O)(=O)N4CCCCC4)o3)nc12. The second-order valence-electron chi connectivity index (χ2n) is 6.93. The minimum absolute atomic E-state index is 0.0525. The van der Waals surface area contributed by atoms with Gasteiger partial charge in [0.05, 0.1) is 10.2 Å². The quantitative estimate of drug-likeness (QED) is 0.692. The van der Waals surface area contributed by atoms with Crippen LogP contribution in [0.4, 0.5) is 5.13 Å². The number of thiazole rings is 1. The average molecular weight is 420 g/mol. The van der Waals surface area contributed by atoms with Gasteiger partial charge in [-0.15, -0.1) is 0 Å². The monoisotopic (exact) mass is 419 g/mol. The molecular formula is C19H21N3O4S2. The summed E-state index contributed by atoms with van der Waals surface area (Å²) in [6.07, 6.45) is 2.70. The second kappa shape index (κ2) is 7.31. The van der Waals surface area contributed by atoms with Gasteiger partial charge in [0.15, 0.2) is 10.9 Å². The van der Waals surface area contributed by atoms with Gasteiger partial charge in [-0.3, -0.25) is 10.1 Å². The van der Waals surface area contributed by atoms with Crippen molar-refractivity contribution in [1.29, 1.82) is 0 Å². The molecule has 2 aromatic heterocycles. The summed E-state index contributed by atoms with van der Waals surface area (Å²) in [6.45, 7) is 4.93. The van der Waals surface area contributed by atoms with E-state index in [-0.39, 0.29) is 10.9 Å². The topological polar surface area (TPSA) is 92.5 Å². The highest BCUT2D eigenvalue weighted by molar-refractivity contribution is 7.89. The molecule has 1 saturated heterocycles. The summed E-state index contributed by atoms with van der Waals surface area (Å²) in [7, 11) is -3.71. The number of nitrogens with zero attached hydrogens (tertiary/aromatic N) is 2. The molecule has 28 heavy (non-hydrogen) atoms. The molecule has 3 aromatic rings. The van der Waals surface area contributed by atoms with Gasteiger partial charge in [-0.1, -0.05) is 29.9 Å². The number of amides is 1. The zero-order chi connectivity index (χ0) is 19.9. The Labute approximate surface area is 167 Å². The first-order valence-electron chi connectivity index (χ1n) is 9.14. The first-order valence-corrected chi connectivity index (χ1v) is 11.4. The molecule has 148 valence electrons. The summed E-state index contributed by atoms with van der Waals surface area (Å²) >= 11 is 1.38. The first-order chi connectivity index (χ1) is 13.4. The summed E-state index contributed by atoms with van der Waals surface area (Å²) in [5, 5.41) is 2.97. The number of aryl methyl sites for hydroxylation is 2. The number of piperidine rings is 1. The Balaban J connectivity index is 1.55. The van der Waals surface area contributed by atoms with E-state index in [2.05, 4.69) is 10.3 Å². The van der Waals surface area contributed by atoms with Gasteiger partial charge in [0.25, 0.3) is 15.9 Å². The van der Waals surface area contributed by atoms with Crippen molar-refractivity contribution >= 4 is 42.6 Å². The molecular weight excluding hydrogens is 398 g/mol. The van der Waals surface area contributed by atoms with E-state index in [0.717, 1.165) is 40.6 Å². The highest BCUT2D eigenvalue weighted by Gasteiger charge is 2.29. The highest BCUT2D eigenvalue weighted by Crippen LogP contribution is 2.31. The van der Waals surface area contributed by atoms with Gasteiger partial charge in [-0.25, -0.2) is 13.4 Å². The van der Waals surface area contributed by atoms with Crippen molar-refractivity contribution in [3.8, 4) is 0 Å². The Morgan fingerprint density at radius 1 is 1.11 bits per heavy atom. The lowest BCUT2D eigenvalue weighted by atomic mass is 10.1. The minimum Gasteiger partial charge on any atom is -0.438 e. The van der Waals surface area contributed by atoms with Crippen LogP contribution in [0.1, 0.15) is 40.9 Å². The van der Waals surface area contributed by atoms with Crippen molar-refractivity contribution in [2.24, 2.45) is 0 Å². The fourth-order valence-corrected chi connectivity index (χ4v) is 5.72. The molecule has 0 spiro atoms. The van der Waals surface area contributed by atoms with Crippen molar-refractivity contribution in [2.45, 2.75) is 38.2 Å². The van der Waals surface area contributed by atoms with Crippen molar-refractivity contribution < 1.29 is 17.6 Å². The predicted molar refractivity (Wildman–Crippen MR) is 108 cm³/mol. The normalized spacial score (nSPS) is 15.8. The van der Waals surface area contributed by atoms with Crippen LogP contribution < -0.4 is 5.32 Å². The third kappa shape index (κ3) is 3.45. The number of aromatic nitrogens is 1. The van der Waals surface area contributed by atoms with Gasteiger partial charge in [0, 0.05) is 13.1 Å². The lowest BCUT2D eigenvalue weighted by Crippen LogP contribution is -2.35. The number of carbonyl (C=O) groups excluding carboxylic acids is 1. The van der Waals surface area contributed by atoms with E-state index in [1.807, 2.05) is 26.0 Å². The molecule has 1 N–H and O–H groups in total. The lowest BCUT2D eigenvalue weighted by molar-refractivity contribution is 0.0991. The Morgan fingerprint density at radius 3 is 2.54 bits per heavy atom. The van der Waals surface area contributed by atoms with Crippen molar-refractivity contribution in [3.05, 3.63) is 41.2 Å². The predicted octanol–water partition coefficient (Wildman–Crippen LogP) is 3.93. The third-order valence-electron chi connectivity index (χ3n) is 4.88. The van der Waals surface area contributed by atoms with Crippen LogP contribution in [-0.4, -0.2) is 36.7 Å². The Hall–Kier alpha value is -2.23. The van der Waals surface area contributed by atoms with Crippen molar-refractivity contribution in [2.75, 3.05) is 18.4 Å². The fraction of sp³-hybridized carbons (Fsp3) is 0.368. The summed E-state index contributed by atoms with van der Waals surface area (Å²) in [5.74, 6) is -0.572. The zero-order valence-corrected chi connectivity index (χ0v) is 17.3. The van der Waals surface area contributed by atoms with Gasteiger partial charge in [0.2, 0.25) is 5.09 Å². The molecule has 4 rings (SSSR count). The summed E-state index contributed by atoms with van der Waals surface area (Å²) < 4.78 is 33.2. The highest BCUT2D eigenvalue weighted by atomic mass is 32.2. The minimum atomic E-state index is -3.71. The first kappa shape index (κ1) is 19.1. The van der Waals surface area contributed by atoms with E-state index in [4.69, 9.17) is 4.42 Å². The molecule has 3 heterocycles. The van der Waals surface area contributed by atoms with E-state index >= 15 is 0 Å². The number of hydrogen-bond acceptors (Lipinski definition) is 6. The smallest absolute Gasteiger partial charge is 0.293 e. The molecule has 0 saturated carbocycles. The van der Waals surface area contributed by atoms with Crippen LogP contribution in [0.5, 0.6) is 0 Å². The van der Waals surface area contributed by atoms with E-state index in [0.29, 0.717) is 18.2 Å². The number of nitrogens with one attached hydrogen (secondary N) is 1. The number of hydrogen-bond donors (Lipinski definition) is 1. The summed E-state index contributed by atoms with van der Waals surface area (Å²) in [5.41, 5.74) is 2.98. The number of rotatable bonds is 4. The molecule has 0 bridgehead atoms. The maximum Gasteiger partial charge on any atom is 0.293 e. The Kier molecular flexibility index (Phi) is 4.98. The van der Waals surface area contributed by atoms with Gasteiger partial charge in [-0.05, 0) is 49.9 Å². The van der Waals surface area contributed by atoms with Crippen molar-refractivity contribution in [3.63, 3.8) is 0 Å². The molecule has 7 nitrogen and oxygen atoms in total. The number of furan rings is 1. The number of benzene rings is 1. The maximum atomic E-state index is 12.7.